The van der Waals surface area contributed by atoms with Crippen molar-refractivity contribution in [1.82, 2.24) is 20.3 Å². The van der Waals surface area contributed by atoms with Gasteiger partial charge in [-0.25, -0.2) is 20.3 Å². The molecule has 0 bridgehead atoms. The Hall–Kier alpha value is -2.92. The molecule has 2 atom stereocenters. The fourth-order valence-corrected chi connectivity index (χ4v) is 3.76. The maximum Gasteiger partial charge on any atom is 0.274 e. The minimum Gasteiger partial charge on any atom is -0.376 e. The Bertz CT molecular complexity index is 949. The summed E-state index contributed by atoms with van der Waals surface area (Å²) in [6, 6.07) is 8.70. The molecule has 2 fully saturated rings. The van der Waals surface area contributed by atoms with Gasteiger partial charge in [0.05, 0.1) is 24.9 Å². The lowest BCUT2D eigenvalue weighted by Gasteiger charge is -2.30. The molecule has 0 spiro atoms. The summed E-state index contributed by atoms with van der Waals surface area (Å²) < 4.78 is 10.9. The molecule has 3 heterocycles. The number of benzene rings is 1. The Kier molecular flexibility index (Phi) is 7.95. The number of morpholine rings is 1. The Morgan fingerprint density at radius 3 is 2.76 bits per heavy atom. The number of carbonyl (C=O) groups is 2. The largest absolute Gasteiger partial charge is 0.376 e. The van der Waals surface area contributed by atoms with Crippen molar-refractivity contribution in [2.24, 2.45) is 0 Å². The van der Waals surface area contributed by atoms with Crippen molar-refractivity contribution >= 4 is 17.8 Å². The fourth-order valence-electron chi connectivity index (χ4n) is 3.76. The Labute approximate surface area is 192 Å². The number of anilines is 1. The highest BCUT2D eigenvalue weighted by Gasteiger charge is 2.20. The van der Waals surface area contributed by atoms with E-state index in [2.05, 4.69) is 20.8 Å². The van der Waals surface area contributed by atoms with E-state index < -0.39 is 6.29 Å². The zero-order chi connectivity index (χ0) is 23.0. The summed E-state index contributed by atoms with van der Waals surface area (Å²) in [6.45, 7) is 4.95. The molecule has 0 aliphatic carbocycles. The number of hydrogen-bond acceptors (Lipinski definition) is 8. The highest BCUT2D eigenvalue weighted by molar-refractivity contribution is 5.94. The Balaban J connectivity index is 1.31. The average Bonchev–Trinajstić information content (AvgIpc) is 2.83. The molecule has 2 aliphatic rings. The van der Waals surface area contributed by atoms with Gasteiger partial charge in [-0.1, -0.05) is 12.1 Å². The van der Waals surface area contributed by atoms with Crippen LogP contribution in [0.2, 0.25) is 0 Å². The molecular formula is C23H29N5O5. The molecule has 176 valence electrons. The van der Waals surface area contributed by atoms with Crippen molar-refractivity contribution in [3.8, 4) is 11.3 Å². The lowest BCUT2D eigenvalue weighted by Crippen LogP contribution is -2.44. The number of aromatic nitrogens is 2. The molecule has 10 heteroatoms. The SMILES string of the molecule is CC1CN(CC(=O)Nc2nccc(-c3ccc(C(=O)NOC4CCCCO4)cc3)n2)CCO1. The summed E-state index contributed by atoms with van der Waals surface area (Å²) in [5.41, 5.74) is 4.33. The normalized spacial score (nSPS) is 21.4. The predicted molar refractivity (Wildman–Crippen MR) is 120 cm³/mol. The number of ether oxygens (including phenoxy) is 2. The van der Waals surface area contributed by atoms with Crippen LogP contribution in [-0.2, 0) is 19.1 Å². The molecule has 2 saturated heterocycles. The molecule has 2 unspecified atom stereocenters. The van der Waals surface area contributed by atoms with Crippen LogP contribution in [0.4, 0.5) is 5.95 Å². The van der Waals surface area contributed by atoms with Crippen LogP contribution in [0.25, 0.3) is 11.3 Å². The molecule has 2 aromatic rings. The minimum absolute atomic E-state index is 0.114. The fraction of sp³-hybridized carbons (Fsp3) is 0.478. The number of carbonyl (C=O) groups excluding carboxylic acids is 2. The van der Waals surface area contributed by atoms with Crippen LogP contribution < -0.4 is 10.8 Å². The highest BCUT2D eigenvalue weighted by Crippen LogP contribution is 2.19. The predicted octanol–water partition coefficient (Wildman–Crippen LogP) is 1.99. The molecule has 1 aromatic carbocycles. The van der Waals surface area contributed by atoms with Gasteiger partial charge in [0.25, 0.3) is 5.91 Å². The number of amides is 2. The van der Waals surface area contributed by atoms with Gasteiger partial charge in [-0.05, 0) is 38.0 Å². The topological polar surface area (TPSA) is 115 Å². The van der Waals surface area contributed by atoms with Crippen LogP contribution >= 0.6 is 0 Å². The summed E-state index contributed by atoms with van der Waals surface area (Å²) in [5, 5.41) is 2.76. The average molecular weight is 456 g/mol. The van der Waals surface area contributed by atoms with E-state index in [4.69, 9.17) is 14.3 Å². The van der Waals surface area contributed by atoms with Crippen molar-refractivity contribution in [2.75, 3.05) is 38.2 Å². The van der Waals surface area contributed by atoms with E-state index in [1.54, 1.807) is 36.5 Å². The standard InChI is InChI=1S/C23H29N5O5/c1-16-14-28(11-13-31-16)15-20(29)26-23-24-10-9-19(25-23)17-5-7-18(8-6-17)22(30)27-33-21-4-2-3-12-32-21/h5-10,16,21H,2-4,11-15H2,1H3,(H,27,30)(H,24,25,26,29). The highest BCUT2D eigenvalue weighted by atomic mass is 16.8. The van der Waals surface area contributed by atoms with Gasteiger partial charge in [-0.3, -0.25) is 19.8 Å². The first-order valence-electron chi connectivity index (χ1n) is 11.2. The number of nitrogens with zero attached hydrogens (tertiary/aromatic N) is 3. The van der Waals surface area contributed by atoms with Gasteiger partial charge < -0.3 is 9.47 Å². The van der Waals surface area contributed by atoms with Crippen LogP contribution in [0, 0.1) is 0 Å². The maximum atomic E-state index is 12.4. The van der Waals surface area contributed by atoms with E-state index in [1.807, 2.05) is 11.8 Å². The number of rotatable bonds is 7. The zero-order valence-corrected chi connectivity index (χ0v) is 18.7. The molecule has 0 saturated carbocycles. The third-order valence-corrected chi connectivity index (χ3v) is 5.46. The quantitative estimate of drug-likeness (QED) is 0.609. The molecule has 2 aliphatic heterocycles. The number of hydroxylamine groups is 1. The van der Waals surface area contributed by atoms with Gasteiger partial charge in [0, 0.05) is 43.4 Å². The van der Waals surface area contributed by atoms with Crippen LogP contribution in [-0.4, -0.2) is 71.9 Å². The van der Waals surface area contributed by atoms with Crippen molar-refractivity contribution in [3.63, 3.8) is 0 Å². The van der Waals surface area contributed by atoms with Gasteiger partial charge in [-0.2, -0.15) is 0 Å². The van der Waals surface area contributed by atoms with Gasteiger partial charge in [0.1, 0.15) is 0 Å². The van der Waals surface area contributed by atoms with E-state index in [1.165, 1.54) is 0 Å². The summed E-state index contributed by atoms with van der Waals surface area (Å²) in [6.07, 6.45) is 4.09. The molecule has 4 rings (SSSR count). The first-order chi connectivity index (χ1) is 16.1. The Morgan fingerprint density at radius 2 is 2.00 bits per heavy atom. The van der Waals surface area contributed by atoms with Gasteiger partial charge in [0.15, 0.2) is 6.29 Å². The summed E-state index contributed by atoms with van der Waals surface area (Å²) >= 11 is 0. The molecule has 1 aromatic heterocycles. The van der Waals surface area contributed by atoms with Crippen molar-refractivity contribution in [1.29, 1.82) is 0 Å². The minimum atomic E-state index is -0.400. The zero-order valence-electron chi connectivity index (χ0n) is 18.7. The van der Waals surface area contributed by atoms with Gasteiger partial charge in [0.2, 0.25) is 11.9 Å². The van der Waals surface area contributed by atoms with E-state index >= 15 is 0 Å². The monoisotopic (exact) mass is 455 g/mol. The van der Waals surface area contributed by atoms with E-state index in [-0.39, 0.29) is 30.4 Å². The second-order valence-electron chi connectivity index (χ2n) is 8.15. The van der Waals surface area contributed by atoms with Crippen molar-refractivity contribution in [3.05, 3.63) is 42.1 Å². The number of hydrogen-bond donors (Lipinski definition) is 2. The summed E-state index contributed by atoms with van der Waals surface area (Å²) in [7, 11) is 0. The molecular weight excluding hydrogens is 426 g/mol. The summed E-state index contributed by atoms with van der Waals surface area (Å²) in [4.78, 5) is 40.7. The lowest BCUT2D eigenvalue weighted by molar-refractivity contribution is -0.186. The molecule has 33 heavy (non-hydrogen) atoms. The third-order valence-electron chi connectivity index (χ3n) is 5.46. The van der Waals surface area contributed by atoms with Crippen LogP contribution in [0.1, 0.15) is 36.5 Å². The third kappa shape index (κ3) is 6.78. The molecule has 0 radical (unpaired) electrons. The van der Waals surface area contributed by atoms with Crippen LogP contribution in [0.5, 0.6) is 0 Å². The Morgan fingerprint density at radius 1 is 1.15 bits per heavy atom. The van der Waals surface area contributed by atoms with E-state index in [9.17, 15) is 9.59 Å². The number of nitrogens with one attached hydrogen (secondary N) is 2. The van der Waals surface area contributed by atoms with Crippen LogP contribution in [0.15, 0.2) is 36.5 Å². The molecule has 10 nitrogen and oxygen atoms in total. The first kappa shape index (κ1) is 23.2. The van der Waals surface area contributed by atoms with Gasteiger partial charge >= 0.3 is 0 Å². The van der Waals surface area contributed by atoms with Crippen molar-refractivity contribution in [2.45, 2.75) is 38.6 Å². The van der Waals surface area contributed by atoms with Crippen molar-refractivity contribution < 1.29 is 23.9 Å². The van der Waals surface area contributed by atoms with Crippen LogP contribution in [0.3, 0.4) is 0 Å². The molecule has 2 amide bonds. The first-order valence-corrected chi connectivity index (χ1v) is 11.2. The lowest BCUT2D eigenvalue weighted by atomic mass is 10.1. The second-order valence-corrected chi connectivity index (χ2v) is 8.15. The maximum absolute atomic E-state index is 12.4. The second kappa shape index (κ2) is 11.3. The smallest absolute Gasteiger partial charge is 0.274 e. The van der Waals surface area contributed by atoms with E-state index in [0.717, 1.165) is 31.4 Å². The van der Waals surface area contributed by atoms with E-state index in [0.29, 0.717) is 31.0 Å². The van der Waals surface area contributed by atoms with Gasteiger partial charge in [-0.15, -0.1) is 0 Å². The molecule has 2 N–H and O–H groups in total. The summed E-state index contributed by atoms with van der Waals surface area (Å²) in [5.74, 6) is -0.277.